The second kappa shape index (κ2) is 8.51. The number of primary amides is 1. The Balaban J connectivity index is 2.33. The fourth-order valence-corrected chi connectivity index (χ4v) is 1.62. The SMILES string of the molecule is NC(=O)CCC(NC(=O)NCCc1ccncc1)C(=O)O. The van der Waals surface area contributed by atoms with Crippen molar-refractivity contribution in [2.24, 2.45) is 5.73 Å². The van der Waals surface area contributed by atoms with Gasteiger partial charge in [0.05, 0.1) is 0 Å². The lowest BCUT2D eigenvalue weighted by molar-refractivity contribution is -0.139. The van der Waals surface area contributed by atoms with E-state index in [1.165, 1.54) is 0 Å². The van der Waals surface area contributed by atoms with Crippen LogP contribution in [0.4, 0.5) is 4.79 Å². The molecular formula is C13H18N4O4. The van der Waals surface area contributed by atoms with Crippen molar-refractivity contribution in [2.75, 3.05) is 6.54 Å². The van der Waals surface area contributed by atoms with Crippen LogP contribution in [0.3, 0.4) is 0 Å². The summed E-state index contributed by atoms with van der Waals surface area (Å²) < 4.78 is 0. The quantitative estimate of drug-likeness (QED) is 0.519. The Kier molecular flexibility index (Phi) is 6.66. The third-order valence-corrected chi connectivity index (χ3v) is 2.73. The van der Waals surface area contributed by atoms with Gasteiger partial charge in [0.1, 0.15) is 6.04 Å². The van der Waals surface area contributed by atoms with Crippen molar-refractivity contribution in [1.29, 1.82) is 0 Å². The van der Waals surface area contributed by atoms with Gasteiger partial charge < -0.3 is 21.5 Å². The number of carbonyl (C=O) groups is 3. The van der Waals surface area contributed by atoms with Gasteiger partial charge >= 0.3 is 12.0 Å². The zero-order chi connectivity index (χ0) is 15.7. The summed E-state index contributed by atoms with van der Waals surface area (Å²) in [6, 6.07) is 1.92. The van der Waals surface area contributed by atoms with Crippen LogP contribution in [-0.2, 0) is 16.0 Å². The van der Waals surface area contributed by atoms with E-state index in [4.69, 9.17) is 10.8 Å². The van der Waals surface area contributed by atoms with E-state index in [0.717, 1.165) is 5.56 Å². The standard InChI is InChI=1S/C13H18N4O4/c14-11(18)2-1-10(12(19)20)17-13(21)16-8-5-9-3-6-15-7-4-9/h3-4,6-7,10H,1-2,5,8H2,(H2,14,18)(H,19,20)(H2,16,17,21). The van der Waals surface area contributed by atoms with Gasteiger partial charge in [0, 0.05) is 25.4 Å². The molecule has 0 saturated carbocycles. The van der Waals surface area contributed by atoms with E-state index < -0.39 is 23.9 Å². The van der Waals surface area contributed by atoms with Gasteiger partial charge in [-0.2, -0.15) is 0 Å². The molecule has 1 atom stereocenters. The minimum absolute atomic E-state index is 0.0392. The number of pyridine rings is 1. The molecule has 114 valence electrons. The lowest BCUT2D eigenvalue weighted by Gasteiger charge is -2.14. The number of aliphatic carboxylic acids is 1. The third-order valence-electron chi connectivity index (χ3n) is 2.73. The number of aromatic nitrogens is 1. The summed E-state index contributed by atoms with van der Waals surface area (Å²) in [5, 5.41) is 13.8. The average Bonchev–Trinajstić information content (AvgIpc) is 2.44. The number of carbonyl (C=O) groups excluding carboxylic acids is 2. The van der Waals surface area contributed by atoms with Crippen molar-refractivity contribution in [2.45, 2.75) is 25.3 Å². The lowest BCUT2D eigenvalue weighted by atomic mass is 10.1. The fraction of sp³-hybridized carbons (Fsp3) is 0.385. The van der Waals surface area contributed by atoms with Crippen molar-refractivity contribution in [1.82, 2.24) is 15.6 Å². The van der Waals surface area contributed by atoms with Crippen LogP contribution in [0.1, 0.15) is 18.4 Å². The maximum Gasteiger partial charge on any atom is 0.326 e. The Bertz CT molecular complexity index is 492. The number of nitrogens with zero attached hydrogens (tertiary/aromatic N) is 1. The highest BCUT2D eigenvalue weighted by Gasteiger charge is 2.20. The summed E-state index contributed by atoms with van der Waals surface area (Å²) in [5.74, 6) is -1.82. The van der Waals surface area contributed by atoms with E-state index in [0.29, 0.717) is 13.0 Å². The van der Waals surface area contributed by atoms with Crippen molar-refractivity contribution in [3.63, 3.8) is 0 Å². The topological polar surface area (TPSA) is 134 Å². The van der Waals surface area contributed by atoms with E-state index in [9.17, 15) is 14.4 Å². The van der Waals surface area contributed by atoms with Crippen LogP contribution in [0.25, 0.3) is 0 Å². The molecule has 21 heavy (non-hydrogen) atoms. The first kappa shape index (κ1) is 16.4. The molecule has 8 nitrogen and oxygen atoms in total. The number of amides is 3. The molecule has 0 aliphatic carbocycles. The molecule has 0 saturated heterocycles. The highest BCUT2D eigenvalue weighted by molar-refractivity contribution is 5.83. The molecule has 1 rings (SSSR count). The van der Waals surface area contributed by atoms with Crippen LogP contribution in [-0.4, -0.2) is 40.6 Å². The first-order valence-electron chi connectivity index (χ1n) is 6.43. The van der Waals surface area contributed by atoms with Gasteiger partial charge in [-0.25, -0.2) is 9.59 Å². The zero-order valence-electron chi connectivity index (χ0n) is 11.4. The Hall–Kier alpha value is -2.64. The maximum absolute atomic E-state index is 11.6. The van der Waals surface area contributed by atoms with Crippen LogP contribution in [0.15, 0.2) is 24.5 Å². The molecule has 8 heteroatoms. The Morgan fingerprint density at radius 1 is 1.29 bits per heavy atom. The normalized spacial score (nSPS) is 11.4. The van der Waals surface area contributed by atoms with Gasteiger partial charge in [-0.15, -0.1) is 0 Å². The number of nitrogens with two attached hydrogens (primary N) is 1. The summed E-state index contributed by atoms with van der Waals surface area (Å²) in [7, 11) is 0. The number of rotatable bonds is 8. The Labute approximate surface area is 121 Å². The van der Waals surface area contributed by atoms with Gasteiger partial charge in [0.25, 0.3) is 0 Å². The van der Waals surface area contributed by atoms with Gasteiger partial charge in [0.15, 0.2) is 0 Å². The maximum atomic E-state index is 11.6. The summed E-state index contributed by atoms with van der Waals surface area (Å²) in [6.07, 6.45) is 3.77. The van der Waals surface area contributed by atoms with E-state index in [2.05, 4.69) is 15.6 Å². The minimum atomic E-state index is -1.21. The van der Waals surface area contributed by atoms with Crippen molar-refractivity contribution in [3.05, 3.63) is 30.1 Å². The molecular weight excluding hydrogens is 276 g/mol. The second-order valence-corrected chi connectivity index (χ2v) is 4.40. The predicted octanol–water partition coefficient (Wildman–Crippen LogP) is -0.358. The second-order valence-electron chi connectivity index (χ2n) is 4.40. The fourth-order valence-electron chi connectivity index (χ4n) is 1.62. The van der Waals surface area contributed by atoms with Gasteiger partial charge in [-0.05, 0) is 30.5 Å². The number of urea groups is 1. The van der Waals surface area contributed by atoms with Crippen molar-refractivity contribution in [3.8, 4) is 0 Å². The molecule has 1 aromatic heterocycles. The molecule has 5 N–H and O–H groups in total. The molecule has 0 fully saturated rings. The lowest BCUT2D eigenvalue weighted by Crippen LogP contribution is -2.46. The highest BCUT2D eigenvalue weighted by Crippen LogP contribution is 1.98. The number of hydrogen-bond acceptors (Lipinski definition) is 4. The molecule has 0 aliphatic heterocycles. The van der Waals surface area contributed by atoms with Gasteiger partial charge in [-0.3, -0.25) is 9.78 Å². The smallest absolute Gasteiger partial charge is 0.326 e. The first-order valence-corrected chi connectivity index (χ1v) is 6.43. The van der Waals surface area contributed by atoms with Crippen LogP contribution >= 0.6 is 0 Å². The monoisotopic (exact) mass is 294 g/mol. The summed E-state index contributed by atoms with van der Waals surface area (Å²) >= 11 is 0. The number of nitrogens with one attached hydrogen (secondary N) is 2. The predicted molar refractivity (Wildman–Crippen MR) is 74.3 cm³/mol. The molecule has 0 aliphatic rings. The largest absolute Gasteiger partial charge is 0.480 e. The Morgan fingerprint density at radius 2 is 1.95 bits per heavy atom. The van der Waals surface area contributed by atoms with E-state index >= 15 is 0 Å². The number of carboxylic acid groups (broad SMARTS) is 1. The van der Waals surface area contributed by atoms with Crippen molar-refractivity contribution >= 4 is 17.9 Å². The number of carboxylic acids is 1. The van der Waals surface area contributed by atoms with Crippen molar-refractivity contribution < 1.29 is 19.5 Å². The van der Waals surface area contributed by atoms with Crippen LogP contribution in [0.2, 0.25) is 0 Å². The van der Waals surface area contributed by atoms with E-state index in [-0.39, 0.29) is 12.8 Å². The molecule has 1 aromatic rings. The van der Waals surface area contributed by atoms with Gasteiger partial charge in [-0.1, -0.05) is 0 Å². The highest BCUT2D eigenvalue weighted by atomic mass is 16.4. The van der Waals surface area contributed by atoms with E-state index in [1.54, 1.807) is 12.4 Å². The minimum Gasteiger partial charge on any atom is -0.480 e. The molecule has 3 amide bonds. The average molecular weight is 294 g/mol. The third kappa shape index (κ3) is 6.90. The van der Waals surface area contributed by atoms with Crippen LogP contribution in [0, 0.1) is 0 Å². The number of hydrogen-bond donors (Lipinski definition) is 4. The zero-order valence-corrected chi connectivity index (χ0v) is 11.4. The molecule has 0 spiro atoms. The molecule has 1 unspecified atom stereocenters. The summed E-state index contributed by atoms with van der Waals surface area (Å²) in [4.78, 5) is 37.0. The molecule has 0 bridgehead atoms. The van der Waals surface area contributed by atoms with Crippen LogP contribution < -0.4 is 16.4 Å². The van der Waals surface area contributed by atoms with Crippen LogP contribution in [0.5, 0.6) is 0 Å². The Morgan fingerprint density at radius 3 is 2.52 bits per heavy atom. The molecule has 0 radical (unpaired) electrons. The first-order chi connectivity index (χ1) is 9.99. The molecule has 1 heterocycles. The molecule has 0 aromatic carbocycles. The summed E-state index contributed by atoms with van der Waals surface area (Å²) in [5.41, 5.74) is 5.96. The van der Waals surface area contributed by atoms with Gasteiger partial charge in [0.2, 0.25) is 5.91 Å². The van der Waals surface area contributed by atoms with E-state index in [1.807, 2.05) is 12.1 Å². The summed E-state index contributed by atoms with van der Waals surface area (Å²) in [6.45, 7) is 0.359.